The summed E-state index contributed by atoms with van der Waals surface area (Å²) in [5.74, 6) is 0. The van der Waals surface area contributed by atoms with E-state index in [-0.39, 0.29) is 24.0 Å². The van der Waals surface area contributed by atoms with E-state index in [2.05, 4.69) is 27.9 Å². The maximum atomic E-state index is 2.46. The Morgan fingerprint density at radius 3 is 0.676 bits per heavy atom. The average Bonchev–Trinajstić information content (AvgIpc) is 2.80. The molecule has 0 spiro atoms. The molecule has 0 saturated heterocycles. The lowest BCUT2D eigenvalue weighted by atomic mass is 10.0. The second-order valence-corrected chi connectivity index (χ2v) is 11.9. The number of unbranched alkanes of at least 4 members (excludes halogenated alkanes) is 24. The molecule has 0 aliphatic carbocycles. The van der Waals surface area contributed by atoms with Crippen molar-refractivity contribution in [2.24, 2.45) is 0 Å². The summed E-state index contributed by atoms with van der Waals surface area (Å²) in [5.41, 5.74) is 0. The van der Waals surface area contributed by atoms with Crippen LogP contribution in [0.4, 0.5) is 0 Å². The molecule has 0 rings (SSSR count). The van der Waals surface area contributed by atoms with Gasteiger partial charge in [-0.25, -0.2) is 0 Å². The molecule has 0 aromatic heterocycles. The van der Waals surface area contributed by atoms with Gasteiger partial charge in [-0.3, -0.25) is 0 Å². The fourth-order valence-electron chi connectivity index (χ4n) is 5.23. The second kappa shape index (κ2) is 29.9. The van der Waals surface area contributed by atoms with Crippen LogP contribution in [-0.4, -0.2) is 31.7 Å². The molecular weight excluding hydrogens is 525 g/mol. The van der Waals surface area contributed by atoms with E-state index in [4.69, 9.17) is 0 Å². The minimum atomic E-state index is 0. The molecule has 0 N–H and O–H groups in total. The topological polar surface area (TPSA) is 0 Å². The molecule has 1 nitrogen and oxygen atoms in total. The molecule has 0 unspecified atom stereocenters. The van der Waals surface area contributed by atoms with Gasteiger partial charge in [-0.05, 0) is 25.7 Å². The zero-order valence-electron chi connectivity index (χ0n) is 24.6. The normalized spacial score (nSPS) is 11.6. The van der Waals surface area contributed by atoms with Gasteiger partial charge in [-0.15, -0.1) is 0 Å². The molecule has 0 atom stereocenters. The molecule has 34 heavy (non-hydrogen) atoms. The number of halogens is 1. The molecule has 208 valence electrons. The summed E-state index contributed by atoms with van der Waals surface area (Å²) in [6.45, 7) is 7.38. The third-order valence-electron chi connectivity index (χ3n) is 7.73. The fraction of sp³-hybridized carbons (Fsp3) is 1.00. The number of hydrogen-bond acceptors (Lipinski definition) is 0. The van der Waals surface area contributed by atoms with E-state index in [1.807, 2.05) is 0 Å². The fourth-order valence-corrected chi connectivity index (χ4v) is 5.23. The molecule has 0 aromatic carbocycles. The third-order valence-corrected chi connectivity index (χ3v) is 7.73. The van der Waals surface area contributed by atoms with Crippen molar-refractivity contribution in [1.82, 2.24) is 0 Å². The standard InChI is InChI=1S/C32H68N.HI/c1-5-7-9-11-13-15-17-18-19-20-21-22-24-26-28-30-32-33(3,4)31-29-27-25-23-16-14-12-10-8-6-2;/h5-32H2,1-4H3;1H/q+1;/p-1. The summed E-state index contributed by atoms with van der Waals surface area (Å²) >= 11 is 0. The Bertz CT molecular complexity index is 355. The van der Waals surface area contributed by atoms with Crippen LogP contribution in [0.5, 0.6) is 0 Å². The summed E-state index contributed by atoms with van der Waals surface area (Å²) in [6, 6.07) is 0. The van der Waals surface area contributed by atoms with Crippen LogP contribution in [0.1, 0.15) is 181 Å². The Morgan fingerprint density at radius 1 is 0.294 bits per heavy atom. The van der Waals surface area contributed by atoms with Gasteiger partial charge in [0.2, 0.25) is 0 Å². The molecule has 2 heteroatoms. The molecule has 0 amide bonds. The summed E-state index contributed by atoms with van der Waals surface area (Å²) in [4.78, 5) is 0. The van der Waals surface area contributed by atoms with Crippen molar-refractivity contribution in [2.75, 3.05) is 27.2 Å². The van der Waals surface area contributed by atoms with Crippen molar-refractivity contribution in [3.8, 4) is 0 Å². The molecule has 0 radical (unpaired) electrons. The van der Waals surface area contributed by atoms with Crippen LogP contribution >= 0.6 is 0 Å². The Balaban J connectivity index is 0. The Morgan fingerprint density at radius 2 is 0.471 bits per heavy atom. The summed E-state index contributed by atoms with van der Waals surface area (Å²) in [7, 11) is 4.91. The molecule has 0 bridgehead atoms. The summed E-state index contributed by atoms with van der Waals surface area (Å²) < 4.78 is 1.25. The highest BCUT2D eigenvalue weighted by molar-refractivity contribution is 4.51. The molecule has 0 aromatic rings. The summed E-state index contributed by atoms with van der Waals surface area (Å²) in [6.07, 6.45) is 38.0. The van der Waals surface area contributed by atoms with Crippen molar-refractivity contribution in [1.29, 1.82) is 0 Å². The van der Waals surface area contributed by atoms with Crippen molar-refractivity contribution >= 4 is 0 Å². The van der Waals surface area contributed by atoms with E-state index in [1.165, 1.54) is 185 Å². The van der Waals surface area contributed by atoms with Crippen molar-refractivity contribution in [3.63, 3.8) is 0 Å². The summed E-state index contributed by atoms with van der Waals surface area (Å²) in [5, 5.41) is 0. The largest absolute Gasteiger partial charge is 1.00 e. The predicted molar refractivity (Wildman–Crippen MR) is 153 cm³/mol. The van der Waals surface area contributed by atoms with Crippen LogP contribution in [-0.2, 0) is 0 Å². The van der Waals surface area contributed by atoms with Crippen LogP contribution < -0.4 is 24.0 Å². The minimum absolute atomic E-state index is 0. The molecule has 0 aliphatic rings. The zero-order valence-corrected chi connectivity index (χ0v) is 26.8. The van der Waals surface area contributed by atoms with Gasteiger partial charge < -0.3 is 28.5 Å². The van der Waals surface area contributed by atoms with Crippen molar-refractivity contribution in [2.45, 2.75) is 181 Å². The van der Waals surface area contributed by atoms with Crippen molar-refractivity contribution < 1.29 is 28.5 Å². The first-order chi connectivity index (χ1) is 16.1. The monoisotopic (exact) mass is 593 g/mol. The number of rotatable bonds is 28. The highest BCUT2D eigenvalue weighted by Gasteiger charge is 2.13. The molecule has 0 aliphatic heterocycles. The van der Waals surface area contributed by atoms with Gasteiger partial charge >= 0.3 is 0 Å². The minimum Gasteiger partial charge on any atom is -1.00 e. The number of hydrogen-bond donors (Lipinski definition) is 0. The van der Waals surface area contributed by atoms with Crippen LogP contribution in [0.15, 0.2) is 0 Å². The first-order valence-corrected chi connectivity index (χ1v) is 15.9. The van der Waals surface area contributed by atoms with Gasteiger partial charge in [-0.1, -0.05) is 155 Å². The second-order valence-electron chi connectivity index (χ2n) is 11.9. The molecule has 0 heterocycles. The van der Waals surface area contributed by atoms with Gasteiger partial charge in [0.15, 0.2) is 0 Å². The zero-order chi connectivity index (χ0) is 24.3. The lowest BCUT2D eigenvalue weighted by molar-refractivity contribution is -0.890. The van der Waals surface area contributed by atoms with Gasteiger partial charge in [0, 0.05) is 0 Å². The van der Waals surface area contributed by atoms with Crippen LogP contribution in [0.25, 0.3) is 0 Å². The molecule has 0 fully saturated rings. The highest BCUT2D eigenvalue weighted by Crippen LogP contribution is 2.15. The van der Waals surface area contributed by atoms with E-state index in [0.717, 1.165) is 0 Å². The smallest absolute Gasteiger partial charge is 0.0782 e. The lowest BCUT2D eigenvalue weighted by Gasteiger charge is -2.30. The molecule has 0 saturated carbocycles. The van der Waals surface area contributed by atoms with Crippen molar-refractivity contribution in [3.05, 3.63) is 0 Å². The first kappa shape index (κ1) is 36.8. The van der Waals surface area contributed by atoms with E-state index >= 15 is 0 Å². The number of nitrogens with zero attached hydrogens (tertiary/aromatic N) is 1. The number of quaternary nitrogens is 1. The van der Waals surface area contributed by atoms with E-state index < -0.39 is 0 Å². The van der Waals surface area contributed by atoms with E-state index in [9.17, 15) is 0 Å². The van der Waals surface area contributed by atoms with Gasteiger partial charge in [0.05, 0.1) is 27.2 Å². The Hall–Kier alpha value is 0.690. The predicted octanol–water partition coefficient (Wildman–Crippen LogP) is 8.25. The third kappa shape index (κ3) is 30.7. The first-order valence-electron chi connectivity index (χ1n) is 15.9. The molecular formula is C32H68IN. The quantitative estimate of drug-likeness (QED) is 0.0487. The van der Waals surface area contributed by atoms with Crippen LogP contribution in [0.3, 0.4) is 0 Å². The van der Waals surface area contributed by atoms with Gasteiger partial charge in [-0.2, -0.15) is 0 Å². The van der Waals surface area contributed by atoms with Gasteiger partial charge in [0.25, 0.3) is 0 Å². The SMILES string of the molecule is CCCCCCCCCCCCCCCCCC[N+](C)(C)CCCCCCCCCCCC.[I-]. The van der Waals surface area contributed by atoms with Crippen LogP contribution in [0, 0.1) is 0 Å². The van der Waals surface area contributed by atoms with Gasteiger partial charge in [0.1, 0.15) is 0 Å². The van der Waals surface area contributed by atoms with E-state index in [1.54, 1.807) is 0 Å². The average molecular weight is 594 g/mol. The lowest BCUT2D eigenvalue weighted by Crippen LogP contribution is -3.00. The Labute approximate surface area is 235 Å². The van der Waals surface area contributed by atoms with Crippen LogP contribution in [0.2, 0.25) is 0 Å². The maximum Gasteiger partial charge on any atom is 0.0782 e. The Kier molecular flexibility index (Phi) is 32.4. The van der Waals surface area contributed by atoms with E-state index in [0.29, 0.717) is 0 Å². The maximum absolute atomic E-state index is 2.46. The highest BCUT2D eigenvalue weighted by atomic mass is 127.